The molecule has 1 aliphatic rings. The maximum atomic E-state index is 10.8. The molecular weight excluding hydrogens is 314 g/mol. The summed E-state index contributed by atoms with van der Waals surface area (Å²) in [6.07, 6.45) is 2.45. The Hall–Kier alpha value is -2.34. The molecule has 0 radical (unpaired) electrons. The van der Waals surface area contributed by atoms with Gasteiger partial charge in [0.1, 0.15) is 18.0 Å². The van der Waals surface area contributed by atoms with Gasteiger partial charge < -0.3 is 15.1 Å². The number of hydrogen-bond acceptors (Lipinski definition) is 5. The van der Waals surface area contributed by atoms with E-state index in [0.29, 0.717) is 6.54 Å². The average molecular weight is 332 g/mol. The first-order valence-corrected chi connectivity index (χ1v) is 7.87. The van der Waals surface area contributed by atoms with E-state index in [1.165, 1.54) is 0 Å². The fourth-order valence-corrected chi connectivity index (χ4v) is 2.70. The quantitative estimate of drug-likeness (QED) is 0.849. The van der Waals surface area contributed by atoms with Crippen LogP contribution in [0.2, 0.25) is 5.02 Å². The molecule has 120 valence electrons. The number of aromatic nitrogens is 2. The van der Waals surface area contributed by atoms with Crippen LogP contribution in [0.1, 0.15) is 5.56 Å². The average Bonchev–Trinajstić information content (AvgIpc) is 2.61. The summed E-state index contributed by atoms with van der Waals surface area (Å²) in [6, 6.07) is 9.65. The molecule has 0 aliphatic carbocycles. The van der Waals surface area contributed by atoms with E-state index in [-0.39, 0.29) is 0 Å². The zero-order valence-corrected chi connectivity index (χ0v) is 13.4. The zero-order chi connectivity index (χ0) is 16.1. The lowest BCUT2D eigenvalue weighted by molar-refractivity contribution is -0.118. The standard InChI is InChI=1S/C16H18ClN5O/c17-14-4-2-1-3-13(14)10-18-15-9-16(20-11-19-15)22-7-5-21(12-23)6-8-22/h1-4,9,11-12H,5-8,10H2,(H,18,19,20). The number of carbonyl (C=O) groups is 1. The van der Waals surface area contributed by atoms with Crippen molar-refractivity contribution in [3.8, 4) is 0 Å². The highest BCUT2D eigenvalue weighted by molar-refractivity contribution is 6.31. The molecule has 1 fully saturated rings. The van der Waals surface area contributed by atoms with Crippen molar-refractivity contribution in [1.82, 2.24) is 14.9 Å². The fraction of sp³-hybridized carbons (Fsp3) is 0.312. The van der Waals surface area contributed by atoms with E-state index >= 15 is 0 Å². The van der Waals surface area contributed by atoms with E-state index in [1.54, 1.807) is 11.2 Å². The van der Waals surface area contributed by atoms with Crippen LogP contribution in [-0.4, -0.2) is 47.5 Å². The lowest BCUT2D eigenvalue weighted by Gasteiger charge is -2.33. The number of halogens is 1. The van der Waals surface area contributed by atoms with Crippen LogP contribution in [0.5, 0.6) is 0 Å². The van der Waals surface area contributed by atoms with Gasteiger partial charge in [0.2, 0.25) is 6.41 Å². The van der Waals surface area contributed by atoms with Crippen LogP contribution < -0.4 is 10.2 Å². The van der Waals surface area contributed by atoms with Crippen molar-refractivity contribution in [3.05, 3.63) is 47.2 Å². The molecule has 1 N–H and O–H groups in total. The number of nitrogens with zero attached hydrogens (tertiary/aromatic N) is 4. The van der Waals surface area contributed by atoms with E-state index in [9.17, 15) is 4.79 Å². The first kappa shape index (κ1) is 15.6. The smallest absolute Gasteiger partial charge is 0.209 e. The molecule has 0 saturated carbocycles. The van der Waals surface area contributed by atoms with Gasteiger partial charge in [-0.25, -0.2) is 9.97 Å². The van der Waals surface area contributed by atoms with Gasteiger partial charge in [-0.15, -0.1) is 0 Å². The predicted octanol–water partition coefficient (Wildman–Crippen LogP) is 2.02. The molecule has 1 aromatic carbocycles. The molecule has 0 bridgehead atoms. The SMILES string of the molecule is O=CN1CCN(c2cc(NCc3ccccc3Cl)ncn2)CC1. The Morgan fingerprint density at radius 2 is 1.96 bits per heavy atom. The largest absolute Gasteiger partial charge is 0.366 e. The molecule has 23 heavy (non-hydrogen) atoms. The maximum absolute atomic E-state index is 10.8. The summed E-state index contributed by atoms with van der Waals surface area (Å²) in [5.41, 5.74) is 1.02. The molecule has 0 atom stereocenters. The Kier molecular flexibility index (Phi) is 4.92. The molecule has 1 amide bonds. The number of hydrogen-bond donors (Lipinski definition) is 1. The summed E-state index contributed by atoms with van der Waals surface area (Å²) >= 11 is 6.16. The molecule has 2 heterocycles. The van der Waals surface area contributed by atoms with Gasteiger partial charge in [0.25, 0.3) is 0 Å². The van der Waals surface area contributed by atoms with Gasteiger partial charge in [0.15, 0.2) is 0 Å². The molecule has 0 spiro atoms. The van der Waals surface area contributed by atoms with Crippen molar-refractivity contribution in [2.75, 3.05) is 36.4 Å². The topological polar surface area (TPSA) is 61.4 Å². The molecule has 1 aliphatic heterocycles. The third-order valence-electron chi connectivity index (χ3n) is 3.86. The molecule has 0 unspecified atom stereocenters. The van der Waals surface area contributed by atoms with Gasteiger partial charge in [0, 0.05) is 43.8 Å². The Morgan fingerprint density at radius 1 is 1.17 bits per heavy atom. The number of nitrogens with one attached hydrogen (secondary N) is 1. The Bertz CT molecular complexity index is 673. The van der Waals surface area contributed by atoms with Crippen LogP contribution in [0.25, 0.3) is 0 Å². The summed E-state index contributed by atoms with van der Waals surface area (Å²) in [5, 5.41) is 4.01. The second-order valence-corrected chi connectivity index (χ2v) is 5.74. The Labute approximate surface area is 140 Å². The van der Waals surface area contributed by atoms with Crippen LogP contribution >= 0.6 is 11.6 Å². The summed E-state index contributed by atoms with van der Waals surface area (Å²) < 4.78 is 0. The number of carbonyl (C=O) groups excluding carboxylic acids is 1. The van der Waals surface area contributed by atoms with Crippen LogP contribution in [0.3, 0.4) is 0 Å². The van der Waals surface area contributed by atoms with Crippen molar-refractivity contribution in [1.29, 1.82) is 0 Å². The number of benzene rings is 1. The molecule has 2 aromatic rings. The van der Waals surface area contributed by atoms with E-state index in [2.05, 4.69) is 20.2 Å². The third kappa shape index (κ3) is 3.90. The van der Waals surface area contributed by atoms with Crippen molar-refractivity contribution in [2.45, 2.75) is 6.54 Å². The van der Waals surface area contributed by atoms with E-state index in [1.807, 2.05) is 30.3 Å². The van der Waals surface area contributed by atoms with E-state index in [4.69, 9.17) is 11.6 Å². The number of rotatable bonds is 5. The number of anilines is 2. The normalized spacial score (nSPS) is 14.7. The fourth-order valence-electron chi connectivity index (χ4n) is 2.50. The number of amides is 1. The third-order valence-corrected chi connectivity index (χ3v) is 4.23. The van der Waals surface area contributed by atoms with Gasteiger partial charge in [0.05, 0.1) is 0 Å². The highest BCUT2D eigenvalue weighted by atomic mass is 35.5. The van der Waals surface area contributed by atoms with Crippen LogP contribution in [0.4, 0.5) is 11.6 Å². The van der Waals surface area contributed by atoms with Crippen LogP contribution in [-0.2, 0) is 11.3 Å². The van der Waals surface area contributed by atoms with Crippen LogP contribution in [0, 0.1) is 0 Å². The van der Waals surface area contributed by atoms with Crippen molar-refractivity contribution in [3.63, 3.8) is 0 Å². The molecule has 3 rings (SSSR count). The molecule has 7 heteroatoms. The lowest BCUT2D eigenvalue weighted by atomic mass is 10.2. The highest BCUT2D eigenvalue weighted by Gasteiger charge is 2.17. The van der Waals surface area contributed by atoms with Gasteiger partial charge in [-0.2, -0.15) is 0 Å². The molecule has 1 saturated heterocycles. The summed E-state index contributed by atoms with van der Waals surface area (Å²) in [7, 11) is 0. The first-order valence-electron chi connectivity index (χ1n) is 7.50. The summed E-state index contributed by atoms with van der Waals surface area (Å²) in [5.74, 6) is 1.62. The predicted molar refractivity (Wildman–Crippen MR) is 90.7 cm³/mol. The van der Waals surface area contributed by atoms with Gasteiger partial charge in [-0.3, -0.25) is 4.79 Å². The first-order chi connectivity index (χ1) is 11.3. The molecule has 1 aromatic heterocycles. The van der Waals surface area contributed by atoms with Gasteiger partial charge >= 0.3 is 0 Å². The maximum Gasteiger partial charge on any atom is 0.209 e. The Balaban J connectivity index is 1.64. The monoisotopic (exact) mass is 331 g/mol. The minimum Gasteiger partial charge on any atom is -0.366 e. The second kappa shape index (κ2) is 7.28. The minimum atomic E-state index is 0.606. The van der Waals surface area contributed by atoms with E-state index in [0.717, 1.165) is 54.8 Å². The summed E-state index contributed by atoms with van der Waals surface area (Å²) in [4.78, 5) is 23.3. The molecular formula is C16H18ClN5O. The Morgan fingerprint density at radius 3 is 2.70 bits per heavy atom. The molecule has 6 nitrogen and oxygen atoms in total. The number of piperazine rings is 1. The second-order valence-electron chi connectivity index (χ2n) is 5.33. The van der Waals surface area contributed by atoms with Crippen molar-refractivity contribution in [2.24, 2.45) is 0 Å². The van der Waals surface area contributed by atoms with Gasteiger partial charge in [-0.1, -0.05) is 29.8 Å². The lowest BCUT2D eigenvalue weighted by Crippen LogP contribution is -2.46. The van der Waals surface area contributed by atoms with Crippen molar-refractivity contribution >= 4 is 29.6 Å². The van der Waals surface area contributed by atoms with Crippen molar-refractivity contribution < 1.29 is 4.79 Å². The zero-order valence-electron chi connectivity index (χ0n) is 12.7. The minimum absolute atomic E-state index is 0.606. The van der Waals surface area contributed by atoms with E-state index < -0.39 is 0 Å². The van der Waals surface area contributed by atoms with Crippen LogP contribution in [0.15, 0.2) is 36.7 Å². The van der Waals surface area contributed by atoms with Gasteiger partial charge in [-0.05, 0) is 11.6 Å². The highest BCUT2D eigenvalue weighted by Crippen LogP contribution is 2.19. The summed E-state index contributed by atoms with van der Waals surface area (Å²) in [6.45, 7) is 3.60.